The summed E-state index contributed by atoms with van der Waals surface area (Å²) in [4.78, 5) is 0. The van der Waals surface area contributed by atoms with Gasteiger partial charge in [0.25, 0.3) is 0 Å². The van der Waals surface area contributed by atoms with Gasteiger partial charge in [0.15, 0.2) is 0 Å². The van der Waals surface area contributed by atoms with Gasteiger partial charge in [0.1, 0.15) is 0 Å². The van der Waals surface area contributed by atoms with Crippen LogP contribution in [0.25, 0.3) is 0 Å². The van der Waals surface area contributed by atoms with Gasteiger partial charge in [-0.3, -0.25) is 0 Å². The number of hydrogen-bond acceptors (Lipinski definition) is 0. The quantitative estimate of drug-likeness (QED) is 0.225. The third-order valence-electron chi connectivity index (χ3n) is 8.16. The smallest absolute Gasteiger partial charge is 0.000188 e. The van der Waals surface area contributed by atoms with Crippen LogP contribution in [-0.2, 0) is 0 Å². The first-order chi connectivity index (χ1) is 12.8. The van der Waals surface area contributed by atoms with E-state index in [4.69, 9.17) is 0 Å². The van der Waals surface area contributed by atoms with Gasteiger partial charge in [0.05, 0.1) is 0 Å². The second kappa shape index (κ2) is 8.97. The summed E-state index contributed by atoms with van der Waals surface area (Å²) in [7, 11) is 0. The average Bonchev–Trinajstić information content (AvgIpc) is 2.69. The minimum absolute atomic E-state index is 0.828. The predicted octanol–water partition coefficient (Wildman–Crippen LogP) is 7.89. The molecule has 3 saturated carbocycles. The number of fused-ring (bicyclic) bond motifs is 3. The van der Waals surface area contributed by atoms with E-state index >= 15 is 0 Å². The molecule has 0 saturated heterocycles. The van der Waals surface area contributed by atoms with Gasteiger partial charge >= 0.3 is 0 Å². The van der Waals surface area contributed by atoms with Crippen molar-refractivity contribution in [3.05, 3.63) is 35.5 Å². The summed E-state index contributed by atoms with van der Waals surface area (Å²) >= 11 is 2.57. The predicted molar refractivity (Wildman–Crippen MR) is 122 cm³/mol. The van der Waals surface area contributed by atoms with E-state index in [9.17, 15) is 0 Å². The van der Waals surface area contributed by atoms with Crippen LogP contribution < -0.4 is 0 Å². The van der Waals surface area contributed by atoms with Crippen molar-refractivity contribution in [2.45, 2.75) is 77.6 Å². The van der Waals surface area contributed by atoms with Crippen LogP contribution in [0, 0.1) is 35.5 Å². The second-order valence-corrected chi connectivity index (χ2v) is 10.6. The Hall–Kier alpha value is -0.0500. The van der Waals surface area contributed by atoms with E-state index in [0.29, 0.717) is 0 Å². The summed E-state index contributed by atoms with van der Waals surface area (Å²) in [5.41, 5.74) is 3.68. The highest BCUT2D eigenvalue weighted by Crippen LogP contribution is 2.51. The van der Waals surface area contributed by atoms with Crippen molar-refractivity contribution in [3.8, 4) is 0 Å². The zero-order valence-corrected chi connectivity index (χ0v) is 18.8. The van der Waals surface area contributed by atoms with E-state index in [2.05, 4.69) is 53.8 Å². The molecule has 0 aromatic heterocycles. The maximum Gasteiger partial charge on any atom is -0.000188 e. The minimum atomic E-state index is 0.828. The lowest BCUT2D eigenvalue weighted by Crippen LogP contribution is -2.33. The van der Waals surface area contributed by atoms with Gasteiger partial charge in [0, 0.05) is 0 Å². The van der Waals surface area contributed by atoms with E-state index in [1.165, 1.54) is 75.1 Å². The van der Waals surface area contributed by atoms with Gasteiger partial charge in [0.2, 0.25) is 0 Å². The number of alkyl halides is 1. The van der Waals surface area contributed by atoms with E-state index in [-0.39, 0.29) is 0 Å². The highest BCUT2D eigenvalue weighted by molar-refractivity contribution is 14.1. The van der Waals surface area contributed by atoms with Gasteiger partial charge in [-0.25, -0.2) is 0 Å². The molecule has 6 atom stereocenters. The normalized spacial score (nSPS) is 40.5. The Labute approximate surface area is 175 Å². The molecule has 3 fully saturated rings. The Kier molecular flexibility index (Phi) is 6.65. The lowest BCUT2D eigenvalue weighted by molar-refractivity contribution is 0.184. The molecule has 0 heterocycles. The van der Waals surface area contributed by atoms with Crippen molar-refractivity contribution in [1.29, 1.82) is 0 Å². The molecule has 4 rings (SSSR count). The first kappa shape index (κ1) is 19.3. The Morgan fingerprint density at radius 3 is 2.69 bits per heavy atom. The zero-order valence-electron chi connectivity index (χ0n) is 16.6. The van der Waals surface area contributed by atoms with Crippen molar-refractivity contribution in [3.63, 3.8) is 0 Å². The summed E-state index contributed by atoms with van der Waals surface area (Å²) in [5.74, 6) is 5.52. The summed E-state index contributed by atoms with van der Waals surface area (Å²) in [5, 5.41) is 0. The van der Waals surface area contributed by atoms with Crippen molar-refractivity contribution in [2.75, 3.05) is 4.43 Å². The van der Waals surface area contributed by atoms with Crippen LogP contribution >= 0.6 is 22.6 Å². The molecular formula is C25H37I. The molecule has 4 aliphatic rings. The van der Waals surface area contributed by atoms with Crippen LogP contribution in [0.3, 0.4) is 0 Å². The molecule has 0 spiro atoms. The molecule has 6 unspecified atom stereocenters. The van der Waals surface area contributed by atoms with Crippen molar-refractivity contribution in [2.24, 2.45) is 35.5 Å². The Balaban J connectivity index is 1.47. The molecule has 0 aliphatic heterocycles. The van der Waals surface area contributed by atoms with Crippen LogP contribution in [0.15, 0.2) is 35.5 Å². The van der Waals surface area contributed by atoms with Crippen molar-refractivity contribution < 1.29 is 0 Å². The SMILES string of the molecule is C/C=C\C1CC(C2=CC=C3C(CCC4CCCCC34)C2)CCC1CCI. The number of halogens is 1. The molecule has 0 amide bonds. The molecule has 0 nitrogen and oxygen atoms in total. The standard InChI is InChI=1S/C25H37I/c1-2-5-20-16-21(10-8-18(20)14-15-26)22-12-13-25-23(17-22)11-9-19-6-3-4-7-24(19)25/h2,5,12-13,18-21,23-24H,3-4,6-11,14-17H2,1H3/b5-2-. The molecule has 0 radical (unpaired) electrons. The fourth-order valence-electron chi connectivity index (χ4n) is 6.80. The van der Waals surface area contributed by atoms with Crippen LogP contribution in [0.2, 0.25) is 0 Å². The van der Waals surface area contributed by atoms with E-state index < -0.39 is 0 Å². The maximum atomic E-state index is 2.62. The molecule has 0 aromatic carbocycles. The molecule has 4 aliphatic carbocycles. The van der Waals surface area contributed by atoms with Gasteiger partial charge in [-0.15, -0.1) is 0 Å². The fraction of sp³-hybridized carbons (Fsp3) is 0.760. The molecule has 144 valence electrons. The Morgan fingerprint density at radius 1 is 1.00 bits per heavy atom. The lowest BCUT2D eigenvalue weighted by Gasteiger charge is -2.44. The van der Waals surface area contributed by atoms with Crippen LogP contribution in [0.5, 0.6) is 0 Å². The molecular weight excluding hydrogens is 427 g/mol. The summed E-state index contributed by atoms with van der Waals surface area (Å²) in [6.07, 6.45) is 26.2. The van der Waals surface area contributed by atoms with Crippen LogP contribution in [-0.4, -0.2) is 4.43 Å². The van der Waals surface area contributed by atoms with E-state index in [1.807, 2.05) is 11.1 Å². The van der Waals surface area contributed by atoms with Gasteiger partial charge in [-0.2, -0.15) is 0 Å². The first-order valence-corrected chi connectivity index (χ1v) is 12.9. The molecule has 26 heavy (non-hydrogen) atoms. The number of allylic oxidation sites excluding steroid dienone is 6. The average molecular weight is 464 g/mol. The minimum Gasteiger partial charge on any atom is -0.0914 e. The molecule has 0 aromatic rings. The Morgan fingerprint density at radius 2 is 1.85 bits per heavy atom. The largest absolute Gasteiger partial charge is 0.0914 e. The Bertz CT molecular complexity index is 569. The third-order valence-corrected chi connectivity index (χ3v) is 8.78. The fourth-order valence-corrected chi connectivity index (χ4v) is 7.60. The highest BCUT2D eigenvalue weighted by atomic mass is 127. The molecule has 0 N–H and O–H groups in total. The first-order valence-electron chi connectivity index (χ1n) is 11.4. The summed E-state index contributed by atoms with van der Waals surface area (Å²) < 4.78 is 1.32. The van der Waals surface area contributed by atoms with Crippen LogP contribution in [0.4, 0.5) is 0 Å². The third kappa shape index (κ3) is 4.03. The van der Waals surface area contributed by atoms with Crippen molar-refractivity contribution >= 4 is 22.6 Å². The maximum absolute atomic E-state index is 2.62. The number of hydrogen-bond donors (Lipinski definition) is 0. The topological polar surface area (TPSA) is 0 Å². The van der Waals surface area contributed by atoms with Gasteiger partial charge in [-0.05, 0) is 105 Å². The zero-order chi connectivity index (χ0) is 17.9. The number of rotatable bonds is 4. The molecule has 1 heteroatoms. The van der Waals surface area contributed by atoms with E-state index in [1.54, 1.807) is 0 Å². The summed E-state index contributed by atoms with van der Waals surface area (Å²) in [6, 6.07) is 0. The van der Waals surface area contributed by atoms with Gasteiger partial charge < -0.3 is 0 Å². The monoisotopic (exact) mass is 464 g/mol. The van der Waals surface area contributed by atoms with Gasteiger partial charge in [-0.1, -0.05) is 70.9 Å². The van der Waals surface area contributed by atoms with Crippen LogP contribution in [0.1, 0.15) is 77.6 Å². The highest BCUT2D eigenvalue weighted by Gasteiger charge is 2.38. The second-order valence-electron chi connectivity index (χ2n) is 9.48. The van der Waals surface area contributed by atoms with E-state index in [0.717, 1.165) is 35.5 Å². The lowest BCUT2D eigenvalue weighted by atomic mass is 9.61. The van der Waals surface area contributed by atoms with Crippen molar-refractivity contribution in [1.82, 2.24) is 0 Å². The summed E-state index contributed by atoms with van der Waals surface area (Å²) in [6.45, 7) is 2.21. The molecule has 0 bridgehead atoms.